The van der Waals surface area contributed by atoms with Crippen LogP contribution in [0.25, 0.3) is 11.3 Å². The molecule has 1 fully saturated rings. The van der Waals surface area contributed by atoms with Crippen LogP contribution in [0.4, 0.5) is 10.3 Å². The lowest BCUT2D eigenvalue weighted by molar-refractivity contribution is 0.109. The summed E-state index contributed by atoms with van der Waals surface area (Å²) in [6.07, 6.45) is 8.59. The second kappa shape index (κ2) is 7.53. The fraction of sp³-hybridized carbons (Fsp3) is 0.263. The SMILES string of the molecule is Fc1ccc(CNc2ncc(-c3cnccn3)c(C3CCCO3)n2)cc1. The number of ether oxygens (including phenoxy) is 1. The van der Waals surface area contributed by atoms with Crippen LogP contribution < -0.4 is 5.32 Å². The van der Waals surface area contributed by atoms with Gasteiger partial charge in [0.15, 0.2) is 0 Å². The Morgan fingerprint density at radius 1 is 1.12 bits per heavy atom. The van der Waals surface area contributed by atoms with E-state index in [1.165, 1.54) is 12.1 Å². The van der Waals surface area contributed by atoms with Gasteiger partial charge in [0.25, 0.3) is 0 Å². The van der Waals surface area contributed by atoms with Crippen LogP contribution in [-0.2, 0) is 11.3 Å². The first kappa shape index (κ1) is 16.5. The molecule has 0 bridgehead atoms. The molecule has 26 heavy (non-hydrogen) atoms. The van der Waals surface area contributed by atoms with Gasteiger partial charge in [-0.3, -0.25) is 9.97 Å². The molecule has 1 aliphatic rings. The smallest absolute Gasteiger partial charge is 0.223 e. The normalized spacial score (nSPS) is 16.6. The lowest BCUT2D eigenvalue weighted by Crippen LogP contribution is -2.09. The fourth-order valence-corrected chi connectivity index (χ4v) is 2.94. The van der Waals surface area contributed by atoms with E-state index in [0.717, 1.165) is 42.0 Å². The van der Waals surface area contributed by atoms with Crippen molar-refractivity contribution in [1.29, 1.82) is 0 Å². The predicted octanol–water partition coefficient (Wildman–Crippen LogP) is 3.54. The number of halogens is 1. The summed E-state index contributed by atoms with van der Waals surface area (Å²) in [6.45, 7) is 1.24. The number of hydrogen-bond donors (Lipinski definition) is 1. The molecular formula is C19H18FN5O. The monoisotopic (exact) mass is 351 g/mol. The van der Waals surface area contributed by atoms with E-state index in [0.29, 0.717) is 12.5 Å². The van der Waals surface area contributed by atoms with Crippen LogP contribution in [0.3, 0.4) is 0 Å². The summed E-state index contributed by atoms with van der Waals surface area (Å²) >= 11 is 0. The van der Waals surface area contributed by atoms with Crippen molar-refractivity contribution in [2.75, 3.05) is 11.9 Å². The fourth-order valence-electron chi connectivity index (χ4n) is 2.94. The van der Waals surface area contributed by atoms with Gasteiger partial charge in [-0.2, -0.15) is 0 Å². The molecule has 0 spiro atoms. The number of nitrogens with one attached hydrogen (secondary N) is 1. The lowest BCUT2D eigenvalue weighted by Gasteiger charge is -2.15. The molecule has 2 aromatic heterocycles. The summed E-state index contributed by atoms with van der Waals surface area (Å²) in [6, 6.07) is 6.34. The summed E-state index contributed by atoms with van der Waals surface area (Å²) in [7, 11) is 0. The lowest BCUT2D eigenvalue weighted by atomic mass is 10.1. The number of anilines is 1. The second-order valence-corrected chi connectivity index (χ2v) is 6.06. The average molecular weight is 351 g/mol. The number of benzene rings is 1. The highest BCUT2D eigenvalue weighted by molar-refractivity contribution is 5.61. The molecule has 0 saturated carbocycles. The number of aromatic nitrogens is 4. The molecule has 7 heteroatoms. The molecule has 0 radical (unpaired) electrons. The Hall–Kier alpha value is -2.93. The molecule has 0 amide bonds. The van der Waals surface area contributed by atoms with Gasteiger partial charge in [0, 0.05) is 37.3 Å². The van der Waals surface area contributed by atoms with E-state index in [2.05, 4.69) is 25.3 Å². The van der Waals surface area contributed by atoms with E-state index in [4.69, 9.17) is 4.74 Å². The van der Waals surface area contributed by atoms with E-state index in [1.54, 1.807) is 36.9 Å². The minimum Gasteiger partial charge on any atom is -0.372 e. The molecule has 1 aliphatic heterocycles. The first-order chi connectivity index (χ1) is 12.8. The summed E-state index contributed by atoms with van der Waals surface area (Å²) in [5, 5.41) is 3.19. The maximum absolute atomic E-state index is 13.0. The number of nitrogens with zero attached hydrogens (tertiary/aromatic N) is 4. The van der Waals surface area contributed by atoms with Crippen LogP contribution >= 0.6 is 0 Å². The van der Waals surface area contributed by atoms with Crippen LogP contribution in [-0.4, -0.2) is 26.5 Å². The van der Waals surface area contributed by atoms with E-state index in [1.807, 2.05) is 0 Å². The molecule has 1 saturated heterocycles. The topological polar surface area (TPSA) is 72.8 Å². The van der Waals surface area contributed by atoms with Crippen LogP contribution in [0.15, 0.2) is 49.1 Å². The van der Waals surface area contributed by atoms with Crippen molar-refractivity contribution in [2.45, 2.75) is 25.5 Å². The Morgan fingerprint density at radius 2 is 2.00 bits per heavy atom. The van der Waals surface area contributed by atoms with Crippen molar-refractivity contribution in [3.05, 3.63) is 66.1 Å². The van der Waals surface area contributed by atoms with Gasteiger partial charge in [-0.05, 0) is 30.5 Å². The maximum atomic E-state index is 13.0. The summed E-state index contributed by atoms with van der Waals surface area (Å²) in [5.74, 6) is 0.256. The molecular weight excluding hydrogens is 333 g/mol. The largest absolute Gasteiger partial charge is 0.372 e. The summed E-state index contributed by atoms with van der Waals surface area (Å²) < 4.78 is 18.8. The number of rotatable bonds is 5. The van der Waals surface area contributed by atoms with Crippen molar-refractivity contribution < 1.29 is 9.13 Å². The van der Waals surface area contributed by atoms with Crippen LogP contribution in [0, 0.1) is 5.82 Å². The van der Waals surface area contributed by atoms with E-state index in [9.17, 15) is 4.39 Å². The third-order valence-electron chi connectivity index (χ3n) is 4.26. The first-order valence-electron chi connectivity index (χ1n) is 8.53. The highest BCUT2D eigenvalue weighted by atomic mass is 19.1. The maximum Gasteiger partial charge on any atom is 0.223 e. The van der Waals surface area contributed by atoms with Crippen LogP contribution in [0.5, 0.6) is 0 Å². The van der Waals surface area contributed by atoms with Gasteiger partial charge in [-0.15, -0.1) is 0 Å². The van der Waals surface area contributed by atoms with E-state index < -0.39 is 0 Å². The Kier molecular flexibility index (Phi) is 4.79. The Bertz CT molecular complexity index is 867. The van der Waals surface area contributed by atoms with Gasteiger partial charge in [0.2, 0.25) is 5.95 Å². The second-order valence-electron chi connectivity index (χ2n) is 6.06. The van der Waals surface area contributed by atoms with Crippen molar-refractivity contribution in [3.8, 4) is 11.3 Å². The highest BCUT2D eigenvalue weighted by Crippen LogP contribution is 2.33. The zero-order chi connectivity index (χ0) is 17.8. The summed E-state index contributed by atoms with van der Waals surface area (Å²) in [4.78, 5) is 17.6. The van der Waals surface area contributed by atoms with Crippen molar-refractivity contribution in [1.82, 2.24) is 19.9 Å². The Morgan fingerprint density at radius 3 is 2.73 bits per heavy atom. The van der Waals surface area contributed by atoms with Crippen LogP contribution in [0.1, 0.15) is 30.2 Å². The standard InChI is InChI=1S/C19H18FN5O/c20-14-5-3-13(4-6-14)10-23-19-24-11-15(16-12-21-7-8-22-16)18(25-19)17-2-1-9-26-17/h3-8,11-12,17H,1-2,9-10H2,(H,23,24,25). The van der Waals surface area contributed by atoms with Gasteiger partial charge in [-0.25, -0.2) is 14.4 Å². The molecule has 1 atom stereocenters. The molecule has 3 heterocycles. The Labute approximate surface area is 150 Å². The third kappa shape index (κ3) is 3.67. The minimum absolute atomic E-state index is 0.0682. The van der Waals surface area contributed by atoms with Gasteiger partial charge >= 0.3 is 0 Å². The average Bonchev–Trinajstić information content (AvgIpc) is 3.23. The zero-order valence-electron chi connectivity index (χ0n) is 14.1. The molecule has 4 rings (SSSR count). The molecule has 132 valence electrons. The molecule has 1 unspecified atom stereocenters. The first-order valence-corrected chi connectivity index (χ1v) is 8.53. The van der Waals surface area contributed by atoms with E-state index >= 15 is 0 Å². The van der Waals surface area contributed by atoms with Crippen molar-refractivity contribution >= 4 is 5.95 Å². The van der Waals surface area contributed by atoms with Crippen LogP contribution in [0.2, 0.25) is 0 Å². The van der Waals surface area contributed by atoms with Crippen molar-refractivity contribution in [2.24, 2.45) is 0 Å². The van der Waals surface area contributed by atoms with Gasteiger partial charge in [0.05, 0.1) is 17.6 Å². The van der Waals surface area contributed by atoms with Gasteiger partial charge in [0.1, 0.15) is 11.9 Å². The highest BCUT2D eigenvalue weighted by Gasteiger charge is 2.24. The molecule has 1 aromatic carbocycles. The van der Waals surface area contributed by atoms with Crippen molar-refractivity contribution in [3.63, 3.8) is 0 Å². The predicted molar refractivity (Wildman–Crippen MR) is 94.7 cm³/mol. The molecule has 1 N–H and O–H groups in total. The molecule has 3 aromatic rings. The minimum atomic E-state index is -0.251. The molecule has 6 nitrogen and oxygen atoms in total. The van der Waals surface area contributed by atoms with Gasteiger partial charge < -0.3 is 10.1 Å². The zero-order valence-corrected chi connectivity index (χ0v) is 14.1. The Balaban J connectivity index is 1.60. The van der Waals surface area contributed by atoms with E-state index in [-0.39, 0.29) is 11.9 Å². The third-order valence-corrected chi connectivity index (χ3v) is 4.26. The quantitative estimate of drug-likeness (QED) is 0.758. The number of hydrogen-bond acceptors (Lipinski definition) is 6. The summed E-state index contributed by atoms with van der Waals surface area (Å²) in [5.41, 5.74) is 3.33. The molecule has 0 aliphatic carbocycles. The van der Waals surface area contributed by atoms with Gasteiger partial charge in [-0.1, -0.05) is 12.1 Å².